The van der Waals surface area contributed by atoms with Gasteiger partial charge >= 0.3 is 5.97 Å². The normalized spacial score (nSPS) is 12.2. The Labute approximate surface area is 122 Å². The Kier molecular flexibility index (Phi) is 7.05. The lowest BCUT2D eigenvalue weighted by Crippen LogP contribution is -2.26. The number of halogens is 1. The van der Waals surface area contributed by atoms with Crippen molar-refractivity contribution in [3.63, 3.8) is 0 Å². The van der Waals surface area contributed by atoms with Gasteiger partial charge in [-0.05, 0) is 24.1 Å². The zero-order valence-electron chi connectivity index (χ0n) is 11.3. The van der Waals surface area contributed by atoms with E-state index in [1.807, 2.05) is 13.0 Å². The Bertz CT molecular complexity index is 423. The number of hydrogen-bond acceptors (Lipinski definition) is 4. The Morgan fingerprint density at radius 1 is 1.53 bits per heavy atom. The van der Waals surface area contributed by atoms with Gasteiger partial charge in [0.05, 0.1) is 18.8 Å². The minimum absolute atomic E-state index is 0.307. The fourth-order valence-electron chi connectivity index (χ4n) is 1.74. The molecule has 1 unspecified atom stereocenters. The number of aliphatic hydroxyl groups excluding tert-OH is 1. The highest BCUT2D eigenvalue weighted by atomic mass is 79.9. The molecule has 0 radical (unpaired) electrons. The van der Waals surface area contributed by atoms with Crippen molar-refractivity contribution in [2.24, 2.45) is 0 Å². The van der Waals surface area contributed by atoms with Crippen molar-refractivity contribution in [1.29, 1.82) is 0 Å². The predicted octanol–water partition coefficient (Wildman–Crippen LogP) is 2.49. The summed E-state index contributed by atoms with van der Waals surface area (Å²) >= 11 is 3.43. The van der Waals surface area contributed by atoms with Gasteiger partial charge in [0.2, 0.25) is 0 Å². The van der Waals surface area contributed by atoms with Gasteiger partial charge in [0, 0.05) is 17.6 Å². The summed E-state index contributed by atoms with van der Waals surface area (Å²) in [7, 11) is 1.36. The lowest BCUT2D eigenvalue weighted by Gasteiger charge is -2.12. The Morgan fingerprint density at radius 3 is 2.84 bits per heavy atom. The number of nitrogens with one attached hydrogen (secondary N) is 1. The highest BCUT2D eigenvalue weighted by molar-refractivity contribution is 9.10. The van der Waals surface area contributed by atoms with Gasteiger partial charge in [0.1, 0.15) is 0 Å². The van der Waals surface area contributed by atoms with Crippen LogP contribution in [0.15, 0.2) is 22.7 Å². The topological polar surface area (TPSA) is 58.6 Å². The number of hydrogen-bond donors (Lipinski definition) is 2. The quantitative estimate of drug-likeness (QED) is 0.754. The molecule has 0 aromatic heterocycles. The molecule has 0 spiro atoms. The SMILES string of the molecule is CCCC(O)CNCc1ccc(C(=O)OC)cc1Br. The average molecular weight is 330 g/mol. The maximum atomic E-state index is 11.4. The first kappa shape index (κ1) is 16.1. The summed E-state index contributed by atoms with van der Waals surface area (Å²) in [6.45, 7) is 3.26. The fraction of sp³-hybridized carbons (Fsp3) is 0.500. The molecule has 0 aliphatic rings. The lowest BCUT2D eigenvalue weighted by molar-refractivity contribution is 0.0600. The minimum Gasteiger partial charge on any atom is -0.465 e. The van der Waals surface area contributed by atoms with E-state index in [0.29, 0.717) is 18.7 Å². The summed E-state index contributed by atoms with van der Waals surface area (Å²) in [5.74, 6) is -0.349. The van der Waals surface area contributed by atoms with Crippen molar-refractivity contribution in [2.75, 3.05) is 13.7 Å². The van der Waals surface area contributed by atoms with E-state index in [0.717, 1.165) is 22.9 Å². The number of methoxy groups -OCH3 is 1. The second-order valence-electron chi connectivity index (χ2n) is 4.37. The van der Waals surface area contributed by atoms with Crippen LogP contribution in [-0.4, -0.2) is 30.8 Å². The van der Waals surface area contributed by atoms with E-state index in [1.165, 1.54) is 7.11 Å². The molecule has 1 aromatic rings. The van der Waals surface area contributed by atoms with Gasteiger partial charge in [-0.15, -0.1) is 0 Å². The molecule has 0 aliphatic heterocycles. The molecule has 1 atom stereocenters. The van der Waals surface area contributed by atoms with Crippen molar-refractivity contribution in [1.82, 2.24) is 5.32 Å². The molecule has 0 heterocycles. The van der Waals surface area contributed by atoms with E-state index in [2.05, 4.69) is 26.0 Å². The summed E-state index contributed by atoms with van der Waals surface area (Å²) in [6, 6.07) is 5.34. The van der Waals surface area contributed by atoms with E-state index >= 15 is 0 Å². The molecule has 0 fully saturated rings. The standard InChI is InChI=1S/C14H20BrNO3/c1-3-4-12(17)9-16-8-11-6-5-10(7-13(11)15)14(18)19-2/h5-7,12,16-17H,3-4,8-9H2,1-2H3. The van der Waals surface area contributed by atoms with Gasteiger partial charge < -0.3 is 15.2 Å². The van der Waals surface area contributed by atoms with Crippen molar-refractivity contribution in [3.8, 4) is 0 Å². The van der Waals surface area contributed by atoms with Gasteiger partial charge in [0.15, 0.2) is 0 Å². The van der Waals surface area contributed by atoms with Gasteiger partial charge in [-0.2, -0.15) is 0 Å². The maximum Gasteiger partial charge on any atom is 0.337 e. The minimum atomic E-state index is -0.349. The molecular formula is C14H20BrNO3. The van der Waals surface area contributed by atoms with Crippen LogP contribution in [0, 0.1) is 0 Å². The average Bonchev–Trinajstić information content (AvgIpc) is 2.40. The van der Waals surface area contributed by atoms with Crippen LogP contribution < -0.4 is 5.32 Å². The second-order valence-corrected chi connectivity index (χ2v) is 5.23. The number of carbonyl (C=O) groups is 1. The van der Waals surface area contributed by atoms with Crippen LogP contribution in [0.2, 0.25) is 0 Å². The van der Waals surface area contributed by atoms with E-state index in [4.69, 9.17) is 0 Å². The molecule has 0 saturated heterocycles. The molecule has 5 heteroatoms. The van der Waals surface area contributed by atoms with E-state index in [1.54, 1.807) is 12.1 Å². The van der Waals surface area contributed by atoms with E-state index < -0.39 is 0 Å². The first-order valence-corrected chi connectivity index (χ1v) is 7.13. The lowest BCUT2D eigenvalue weighted by atomic mass is 10.1. The fourth-order valence-corrected chi connectivity index (χ4v) is 2.26. The van der Waals surface area contributed by atoms with Crippen molar-refractivity contribution < 1.29 is 14.6 Å². The Balaban J connectivity index is 2.53. The first-order chi connectivity index (χ1) is 9.08. The molecule has 106 valence electrons. The van der Waals surface area contributed by atoms with Crippen molar-refractivity contribution in [2.45, 2.75) is 32.4 Å². The molecule has 1 aromatic carbocycles. The summed E-state index contributed by atoms with van der Waals surface area (Å²) in [5, 5.41) is 12.8. The van der Waals surface area contributed by atoms with Crippen molar-refractivity contribution in [3.05, 3.63) is 33.8 Å². The summed E-state index contributed by atoms with van der Waals surface area (Å²) < 4.78 is 5.52. The summed E-state index contributed by atoms with van der Waals surface area (Å²) in [6.07, 6.45) is 1.47. The maximum absolute atomic E-state index is 11.4. The Morgan fingerprint density at radius 2 is 2.26 bits per heavy atom. The largest absolute Gasteiger partial charge is 0.465 e. The van der Waals surface area contributed by atoms with Gasteiger partial charge in [-0.3, -0.25) is 0 Å². The third-order valence-corrected chi connectivity index (χ3v) is 3.53. The molecule has 4 nitrogen and oxygen atoms in total. The molecule has 0 saturated carbocycles. The molecule has 1 rings (SSSR count). The van der Waals surface area contributed by atoms with Crippen LogP contribution in [0.25, 0.3) is 0 Å². The molecule has 0 aliphatic carbocycles. The van der Waals surface area contributed by atoms with Crippen LogP contribution in [0.5, 0.6) is 0 Å². The number of benzene rings is 1. The molecule has 0 amide bonds. The number of esters is 1. The van der Waals surface area contributed by atoms with Crippen LogP contribution in [0.3, 0.4) is 0 Å². The Hall–Kier alpha value is -0.910. The smallest absolute Gasteiger partial charge is 0.337 e. The monoisotopic (exact) mass is 329 g/mol. The van der Waals surface area contributed by atoms with Crippen LogP contribution in [0.1, 0.15) is 35.7 Å². The third-order valence-electron chi connectivity index (χ3n) is 2.79. The van der Waals surface area contributed by atoms with E-state index in [9.17, 15) is 9.90 Å². The highest BCUT2D eigenvalue weighted by Crippen LogP contribution is 2.19. The zero-order chi connectivity index (χ0) is 14.3. The molecule has 0 bridgehead atoms. The van der Waals surface area contributed by atoms with Crippen LogP contribution in [0.4, 0.5) is 0 Å². The second kappa shape index (κ2) is 8.30. The number of carbonyl (C=O) groups excluding carboxylic acids is 1. The van der Waals surface area contributed by atoms with Crippen LogP contribution >= 0.6 is 15.9 Å². The summed E-state index contributed by atoms with van der Waals surface area (Å²) in [5.41, 5.74) is 1.56. The van der Waals surface area contributed by atoms with E-state index in [-0.39, 0.29) is 12.1 Å². The summed E-state index contributed by atoms with van der Waals surface area (Å²) in [4.78, 5) is 11.4. The molecular weight excluding hydrogens is 310 g/mol. The van der Waals surface area contributed by atoms with Gasteiger partial charge in [-0.1, -0.05) is 35.3 Å². The van der Waals surface area contributed by atoms with Gasteiger partial charge in [-0.25, -0.2) is 4.79 Å². The third kappa shape index (κ3) is 5.30. The van der Waals surface area contributed by atoms with Crippen molar-refractivity contribution >= 4 is 21.9 Å². The predicted molar refractivity (Wildman–Crippen MR) is 78.1 cm³/mol. The molecule has 2 N–H and O–H groups in total. The molecule has 19 heavy (non-hydrogen) atoms. The number of rotatable bonds is 7. The van der Waals surface area contributed by atoms with Crippen LogP contribution in [-0.2, 0) is 11.3 Å². The number of ether oxygens (including phenoxy) is 1. The number of aliphatic hydroxyl groups is 1. The first-order valence-electron chi connectivity index (χ1n) is 6.34. The zero-order valence-corrected chi connectivity index (χ0v) is 12.9. The highest BCUT2D eigenvalue weighted by Gasteiger charge is 2.08. The van der Waals surface area contributed by atoms with Gasteiger partial charge in [0.25, 0.3) is 0 Å².